The molecule has 1 unspecified atom stereocenters. The third-order valence-electron chi connectivity index (χ3n) is 7.94. The maximum Gasteiger partial charge on any atom is 0.472 e. The van der Waals surface area contributed by atoms with Crippen LogP contribution in [0.2, 0.25) is 0 Å². The third-order valence-corrected chi connectivity index (χ3v) is 8.93. The van der Waals surface area contributed by atoms with Crippen LogP contribution in [0, 0.1) is 6.92 Å². The summed E-state index contributed by atoms with van der Waals surface area (Å²) < 4.78 is 34.0. The molecule has 0 aromatic heterocycles. The predicted octanol–water partition coefficient (Wildman–Crippen LogP) is 9.66. The van der Waals surface area contributed by atoms with Crippen molar-refractivity contribution in [3.63, 3.8) is 0 Å². The van der Waals surface area contributed by atoms with Crippen LogP contribution in [0.5, 0.6) is 0 Å². The van der Waals surface area contributed by atoms with Gasteiger partial charge in [-0.05, 0) is 38.5 Å². The Morgan fingerprint density at radius 1 is 0.702 bits per heavy atom. The summed E-state index contributed by atoms with van der Waals surface area (Å²) >= 11 is 0. The Bertz CT molecular complexity index is 830. The summed E-state index contributed by atoms with van der Waals surface area (Å²) in [5.74, 6) is -0.823. The molecular weight excluding hydrogens is 617 g/mol. The number of hydrogen-bond acceptors (Lipinski definition) is 7. The summed E-state index contributed by atoms with van der Waals surface area (Å²) in [5.41, 5.74) is 0. The lowest BCUT2D eigenvalue weighted by atomic mass is 10.1. The summed E-state index contributed by atoms with van der Waals surface area (Å²) in [6, 6.07) is 0. The molecule has 0 aromatic rings. The van der Waals surface area contributed by atoms with Crippen LogP contribution in [0.25, 0.3) is 0 Å². The fourth-order valence-corrected chi connectivity index (χ4v) is 5.68. The number of phosphoric ester groups is 1. The summed E-state index contributed by atoms with van der Waals surface area (Å²) in [5, 5.41) is 0. The number of hydrogen-bond donors (Lipinski definition) is 1. The van der Waals surface area contributed by atoms with Crippen LogP contribution in [-0.4, -0.2) is 74.9 Å². The number of likely N-dealkylation sites (N-methyl/N-ethyl adjacent to an activating group) is 1. The number of carbonyl (C=O) groups excluding carboxylic acids is 2. The van der Waals surface area contributed by atoms with Crippen molar-refractivity contribution < 1.29 is 42.1 Å². The molecule has 0 rings (SSSR count). The Labute approximate surface area is 288 Å². The van der Waals surface area contributed by atoms with Gasteiger partial charge in [-0.2, -0.15) is 6.42 Å². The molecule has 2 atom stereocenters. The molecule has 0 aliphatic heterocycles. The number of phosphoric acid groups is 1. The highest BCUT2D eigenvalue weighted by Gasteiger charge is 2.27. The van der Waals surface area contributed by atoms with Crippen LogP contribution >= 0.6 is 7.82 Å². The number of ether oxygens (including phenoxy) is 2. The Morgan fingerprint density at radius 3 is 1.72 bits per heavy atom. The van der Waals surface area contributed by atoms with Crippen LogP contribution in [0.4, 0.5) is 0 Å². The molecule has 0 fully saturated rings. The van der Waals surface area contributed by atoms with Gasteiger partial charge in [0.1, 0.15) is 19.8 Å². The summed E-state index contributed by atoms with van der Waals surface area (Å²) in [4.78, 5) is 35.0. The second-order valence-electron chi connectivity index (χ2n) is 13.8. The quantitative estimate of drug-likeness (QED) is 0.0178. The first kappa shape index (κ1) is 45.8. The Morgan fingerprint density at radius 2 is 1.19 bits per heavy atom. The van der Waals surface area contributed by atoms with E-state index < -0.39 is 26.5 Å². The molecule has 10 heteroatoms. The minimum atomic E-state index is -4.36. The highest BCUT2D eigenvalue weighted by atomic mass is 31.2. The largest absolute Gasteiger partial charge is 0.472 e. The highest BCUT2D eigenvalue weighted by Crippen LogP contribution is 2.43. The molecule has 1 N–H and O–H groups in total. The van der Waals surface area contributed by atoms with Crippen molar-refractivity contribution in [1.82, 2.24) is 0 Å². The van der Waals surface area contributed by atoms with Crippen LogP contribution < -0.4 is 0 Å². The van der Waals surface area contributed by atoms with Gasteiger partial charge in [-0.25, -0.2) is 4.57 Å². The number of allylic oxidation sites excluding steroid dienone is 2. The van der Waals surface area contributed by atoms with E-state index in [4.69, 9.17) is 18.5 Å². The van der Waals surface area contributed by atoms with Gasteiger partial charge in [0.2, 0.25) is 0 Å². The van der Waals surface area contributed by atoms with Gasteiger partial charge in [-0.1, -0.05) is 109 Å². The average molecular weight is 690 g/mol. The first-order chi connectivity index (χ1) is 22.5. The van der Waals surface area contributed by atoms with Crippen molar-refractivity contribution >= 4 is 19.8 Å². The second-order valence-corrected chi connectivity index (χ2v) is 15.3. The molecule has 0 bridgehead atoms. The molecule has 0 aliphatic carbocycles. The van der Waals surface area contributed by atoms with Crippen LogP contribution in [0.1, 0.15) is 155 Å². The van der Waals surface area contributed by atoms with Crippen molar-refractivity contribution in [3.05, 3.63) is 19.1 Å². The molecule has 278 valence electrons. The standard InChI is InChI=1S/C37H72NO8P/c1-6-8-10-12-14-16-17-18-19-20-21-22-24-26-28-30-37(40)46-35(34-45-47(41,42)44-32-31-38(3,4)5)33-43-36(39)29-27-25-23-15-13-11-9-7-2/h18-19,35H,2,6-17,20-34H2,1,3-5H3,(H,41,42)/b19-18+/t35-/m0/s1. The number of rotatable bonds is 34. The van der Waals surface area contributed by atoms with Crippen molar-refractivity contribution in [1.29, 1.82) is 0 Å². The van der Waals surface area contributed by atoms with Gasteiger partial charge in [0, 0.05) is 12.8 Å². The van der Waals surface area contributed by atoms with E-state index in [1.165, 1.54) is 57.8 Å². The monoisotopic (exact) mass is 689 g/mol. The fraction of sp³-hybridized carbons (Fsp3) is 0.865. The minimum absolute atomic E-state index is 0.0298. The van der Waals surface area contributed by atoms with Gasteiger partial charge in [0.15, 0.2) is 6.10 Å². The summed E-state index contributed by atoms with van der Waals surface area (Å²) in [7, 11) is 1.46. The Balaban J connectivity index is 4.42. The lowest BCUT2D eigenvalue weighted by Gasteiger charge is -2.24. The van der Waals surface area contributed by atoms with Crippen molar-refractivity contribution in [3.8, 4) is 0 Å². The smallest absolute Gasteiger partial charge is 0.462 e. The average Bonchev–Trinajstić information content (AvgIpc) is 3.01. The first-order valence-corrected chi connectivity index (χ1v) is 20.2. The topological polar surface area (TPSA) is 108 Å². The molecular formula is C37H72NO8P. The highest BCUT2D eigenvalue weighted by molar-refractivity contribution is 7.47. The molecule has 0 saturated carbocycles. The molecule has 0 amide bonds. The third kappa shape index (κ3) is 34.4. The van der Waals surface area contributed by atoms with Gasteiger partial charge in [0.05, 0.1) is 27.7 Å². The predicted molar refractivity (Wildman–Crippen MR) is 192 cm³/mol. The number of nitrogens with zero attached hydrogens (tertiary/aromatic N) is 1. The van der Waals surface area contributed by atoms with Gasteiger partial charge in [-0.15, -0.1) is 0 Å². The molecule has 0 heterocycles. The Kier molecular flexibility index (Phi) is 30.0. The van der Waals surface area contributed by atoms with E-state index in [-0.39, 0.29) is 32.0 Å². The van der Waals surface area contributed by atoms with E-state index in [9.17, 15) is 19.0 Å². The molecule has 0 aliphatic rings. The normalized spacial score (nSPS) is 13.9. The van der Waals surface area contributed by atoms with E-state index in [1.807, 2.05) is 21.1 Å². The van der Waals surface area contributed by atoms with E-state index in [1.54, 1.807) is 0 Å². The number of carbonyl (C=O) groups is 2. The molecule has 0 aromatic carbocycles. The zero-order valence-electron chi connectivity index (χ0n) is 30.7. The molecule has 9 nitrogen and oxygen atoms in total. The Hall–Kier alpha value is -1.25. The number of esters is 2. The second kappa shape index (κ2) is 30.8. The van der Waals surface area contributed by atoms with Crippen molar-refractivity contribution in [2.45, 2.75) is 161 Å². The molecule has 47 heavy (non-hydrogen) atoms. The van der Waals surface area contributed by atoms with Crippen molar-refractivity contribution in [2.24, 2.45) is 0 Å². The van der Waals surface area contributed by atoms with Gasteiger partial charge in [-0.3, -0.25) is 18.6 Å². The minimum Gasteiger partial charge on any atom is -0.462 e. The van der Waals surface area contributed by atoms with Crippen LogP contribution in [-0.2, 0) is 32.7 Å². The van der Waals surface area contributed by atoms with E-state index in [0.717, 1.165) is 70.6 Å². The van der Waals surface area contributed by atoms with Gasteiger partial charge >= 0.3 is 19.8 Å². The molecule has 0 spiro atoms. The number of quaternary nitrogens is 1. The molecule has 0 saturated heterocycles. The van der Waals surface area contributed by atoms with Crippen LogP contribution in [0.3, 0.4) is 0 Å². The first-order valence-electron chi connectivity index (χ1n) is 18.7. The summed E-state index contributed by atoms with van der Waals surface area (Å²) in [6.45, 7) is 6.01. The van der Waals surface area contributed by atoms with E-state index in [0.29, 0.717) is 17.4 Å². The lowest BCUT2D eigenvalue weighted by Crippen LogP contribution is -2.37. The van der Waals surface area contributed by atoms with Crippen LogP contribution in [0.15, 0.2) is 12.2 Å². The summed E-state index contributed by atoms with van der Waals surface area (Å²) in [6.07, 6.45) is 27.8. The maximum atomic E-state index is 12.6. The van der Waals surface area contributed by atoms with Gasteiger partial charge in [0.25, 0.3) is 0 Å². The fourth-order valence-electron chi connectivity index (χ4n) is 4.93. The van der Waals surface area contributed by atoms with E-state index >= 15 is 0 Å². The van der Waals surface area contributed by atoms with E-state index in [2.05, 4.69) is 26.0 Å². The maximum absolute atomic E-state index is 12.6. The molecule has 0 radical (unpaired) electrons. The zero-order chi connectivity index (χ0) is 35.1. The van der Waals surface area contributed by atoms with Crippen molar-refractivity contribution in [2.75, 3.05) is 47.5 Å². The SMILES string of the molecule is [CH2-]CCCCCCCCCC(=O)OC[C@@H](COP(=O)(O)OCC[N+](C)(C)C)OC(=O)CCCCCCC/C=C/CCCCCCCC. The lowest BCUT2D eigenvalue weighted by molar-refractivity contribution is -0.870. The zero-order valence-corrected chi connectivity index (χ0v) is 31.6. The van der Waals surface area contributed by atoms with Gasteiger partial charge < -0.3 is 25.8 Å². The number of unbranched alkanes of at least 4 members (excludes halogenated alkanes) is 18.